The molecule has 6 heteroatoms. The Morgan fingerprint density at radius 1 is 1.20 bits per heavy atom. The minimum Gasteiger partial charge on any atom is -0.456 e. The van der Waals surface area contributed by atoms with Crippen molar-refractivity contribution in [3.63, 3.8) is 0 Å². The van der Waals surface area contributed by atoms with Crippen LogP contribution < -0.4 is 5.32 Å². The molecule has 25 heavy (non-hydrogen) atoms. The molecule has 0 aromatic carbocycles. The van der Waals surface area contributed by atoms with Crippen molar-refractivity contribution in [1.29, 1.82) is 0 Å². The number of thiophene rings is 1. The lowest BCUT2D eigenvalue weighted by Gasteiger charge is -2.29. The number of ketones is 1. The zero-order valence-electron chi connectivity index (χ0n) is 15.2. The lowest BCUT2D eigenvalue weighted by molar-refractivity contribution is -0.148. The van der Waals surface area contributed by atoms with Gasteiger partial charge in [-0.25, -0.2) is 0 Å². The quantitative estimate of drug-likeness (QED) is 0.592. The van der Waals surface area contributed by atoms with Gasteiger partial charge in [-0.15, -0.1) is 11.3 Å². The molecule has 0 bridgehead atoms. The molecule has 1 N–H and O–H groups in total. The highest BCUT2D eigenvalue weighted by atomic mass is 32.1. The van der Waals surface area contributed by atoms with Crippen molar-refractivity contribution in [3.8, 4) is 0 Å². The first-order chi connectivity index (χ1) is 11.9. The Bertz CT molecular complexity index is 637. The largest absolute Gasteiger partial charge is 0.456 e. The van der Waals surface area contributed by atoms with E-state index in [1.165, 1.54) is 6.42 Å². The maximum absolute atomic E-state index is 12.1. The molecular weight excluding hydrogens is 338 g/mol. The van der Waals surface area contributed by atoms with Crippen LogP contribution in [0.4, 0.5) is 0 Å². The Morgan fingerprint density at radius 2 is 1.92 bits per heavy atom. The molecule has 1 fully saturated rings. The molecule has 1 aliphatic carbocycles. The first-order valence-corrected chi connectivity index (χ1v) is 9.73. The average molecular weight is 365 g/mol. The van der Waals surface area contributed by atoms with Crippen LogP contribution in [0.3, 0.4) is 0 Å². The number of hydrogen-bond acceptors (Lipinski definition) is 5. The number of amides is 1. The molecular formula is C19H27NO4S. The van der Waals surface area contributed by atoms with E-state index >= 15 is 0 Å². The van der Waals surface area contributed by atoms with Crippen LogP contribution in [0.25, 0.3) is 0 Å². The zero-order valence-corrected chi connectivity index (χ0v) is 16.0. The maximum atomic E-state index is 12.1. The number of carbonyl (C=O) groups excluding carboxylic acids is 3. The molecule has 1 amide bonds. The van der Waals surface area contributed by atoms with Gasteiger partial charge in [-0.1, -0.05) is 19.8 Å². The first kappa shape index (κ1) is 19.6. The summed E-state index contributed by atoms with van der Waals surface area (Å²) in [6, 6.07) is 2.03. The van der Waals surface area contributed by atoms with Crippen molar-refractivity contribution < 1.29 is 19.1 Å². The van der Waals surface area contributed by atoms with Gasteiger partial charge in [0.2, 0.25) is 0 Å². The molecule has 1 heterocycles. The Morgan fingerprint density at radius 3 is 2.56 bits per heavy atom. The van der Waals surface area contributed by atoms with E-state index in [9.17, 15) is 14.4 Å². The number of esters is 1. The second kappa shape index (κ2) is 9.13. The Hall–Kier alpha value is -1.69. The van der Waals surface area contributed by atoms with Crippen molar-refractivity contribution in [2.24, 2.45) is 5.92 Å². The van der Waals surface area contributed by atoms with Gasteiger partial charge in [-0.2, -0.15) is 0 Å². The predicted molar refractivity (Wildman–Crippen MR) is 97.9 cm³/mol. The molecule has 0 radical (unpaired) electrons. The molecule has 138 valence electrons. The standard InChI is InChI=1S/C19H27NO4S/c1-12-6-4-5-7-16(12)20-18(22)11-24-19(23)9-8-17(21)15-10-13(2)25-14(15)3/h10,12,16H,4-9,11H2,1-3H3,(H,20,22)/t12-,16+/m0/s1. The highest BCUT2D eigenvalue weighted by Crippen LogP contribution is 2.24. The lowest BCUT2D eigenvalue weighted by atomic mass is 9.86. The SMILES string of the molecule is Cc1cc(C(=O)CCC(=O)OCC(=O)N[C@@H]2CCCC[C@@H]2C)c(C)s1. The third kappa shape index (κ3) is 5.96. The number of rotatable bonds is 7. The minimum atomic E-state index is -0.509. The van der Waals surface area contributed by atoms with Crippen molar-refractivity contribution in [2.75, 3.05) is 6.61 Å². The molecule has 2 atom stereocenters. The van der Waals surface area contributed by atoms with Gasteiger partial charge < -0.3 is 10.1 Å². The summed E-state index contributed by atoms with van der Waals surface area (Å²) in [5, 5.41) is 2.94. The second-order valence-corrected chi connectivity index (χ2v) is 8.31. The number of carbonyl (C=O) groups is 3. The van der Waals surface area contributed by atoms with Gasteiger partial charge in [-0.05, 0) is 38.7 Å². The molecule has 2 rings (SSSR count). The lowest BCUT2D eigenvalue weighted by Crippen LogP contribution is -2.42. The van der Waals surface area contributed by atoms with E-state index in [-0.39, 0.29) is 37.2 Å². The first-order valence-electron chi connectivity index (χ1n) is 8.92. The summed E-state index contributed by atoms with van der Waals surface area (Å²) in [4.78, 5) is 37.9. The van der Waals surface area contributed by atoms with Gasteiger partial charge in [0.25, 0.3) is 5.91 Å². The average Bonchev–Trinajstić information content (AvgIpc) is 2.91. The number of nitrogens with one attached hydrogen (secondary N) is 1. The van der Waals surface area contributed by atoms with E-state index in [1.807, 2.05) is 19.9 Å². The fourth-order valence-electron chi connectivity index (χ4n) is 3.26. The fraction of sp³-hybridized carbons (Fsp3) is 0.632. The van der Waals surface area contributed by atoms with Gasteiger partial charge in [0, 0.05) is 27.8 Å². The second-order valence-electron chi connectivity index (χ2n) is 6.85. The molecule has 0 saturated heterocycles. The van der Waals surface area contributed by atoms with Crippen LogP contribution in [0.15, 0.2) is 6.07 Å². The monoisotopic (exact) mass is 365 g/mol. The maximum Gasteiger partial charge on any atom is 0.306 e. The molecule has 1 aromatic rings. The van der Waals surface area contributed by atoms with E-state index in [4.69, 9.17) is 4.74 Å². The van der Waals surface area contributed by atoms with E-state index in [1.54, 1.807) is 11.3 Å². The van der Waals surface area contributed by atoms with Crippen molar-refractivity contribution in [2.45, 2.75) is 65.3 Å². The molecule has 1 aromatic heterocycles. The molecule has 0 unspecified atom stereocenters. The highest BCUT2D eigenvalue weighted by Gasteiger charge is 2.23. The van der Waals surface area contributed by atoms with E-state index in [0.717, 1.165) is 29.0 Å². The summed E-state index contributed by atoms with van der Waals surface area (Å²) in [5.41, 5.74) is 0.680. The Labute approximate surface area is 153 Å². The van der Waals surface area contributed by atoms with Gasteiger partial charge in [-0.3, -0.25) is 14.4 Å². The zero-order chi connectivity index (χ0) is 18.4. The normalized spacial score (nSPS) is 20.1. The highest BCUT2D eigenvalue weighted by molar-refractivity contribution is 7.12. The van der Waals surface area contributed by atoms with Crippen LogP contribution in [-0.4, -0.2) is 30.3 Å². The van der Waals surface area contributed by atoms with Crippen LogP contribution in [0.5, 0.6) is 0 Å². The van der Waals surface area contributed by atoms with Gasteiger partial charge in [0.15, 0.2) is 12.4 Å². The summed E-state index contributed by atoms with van der Waals surface area (Å²) < 4.78 is 5.00. The van der Waals surface area contributed by atoms with Crippen LogP contribution in [0.1, 0.15) is 65.6 Å². The number of ether oxygens (including phenoxy) is 1. The number of hydrogen-bond donors (Lipinski definition) is 1. The fourth-order valence-corrected chi connectivity index (χ4v) is 4.20. The van der Waals surface area contributed by atoms with E-state index in [2.05, 4.69) is 12.2 Å². The number of Topliss-reactive ketones (excluding diaryl/α,β-unsaturated/α-hetero) is 1. The van der Waals surface area contributed by atoms with Gasteiger partial charge in [0.05, 0.1) is 6.42 Å². The van der Waals surface area contributed by atoms with Gasteiger partial charge in [0.1, 0.15) is 0 Å². The third-order valence-corrected chi connectivity index (χ3v) is 5.69. The summed E-state index contributed by atoms with van der Waals surface area (Å²) >= 11 is 1.57. The predicted octanol–water partition coefficient (Wildman–Crippen LogP) is 3.57. The molecule has 1 saturated carbocycles. The molecule has 1 aliphatic rings. The van der Waals surface area contributed by atoms with Crippen molar-refractivity contribution in [3.05, 3.63) is 21.4 Å². The van der Waals surface area contributed by atoms with Gasteiger partial charge >= 0.3 is 5.97 Å². The summed E-state index contributed by atoms with van der Waals surface area (Å²) in [6.07, 6.45) is 4.54. The topological polar surface area (TPSA) is 72.5 Å². The van der Waals surface area contributed by atoms with Crippen molar-refractivity contribution >= 4 is 29.0 Å². The van der Waals surface area contributed by atoms with Crippen LogP contribution in [-0.2, 0) is 14.3 Å². The van der Waals surface area contributed by atoms with E-state index < -0.39 is 5.97 Å². The molecule has 0 spiro atoms. The van der Waals surface area contributed by atoms with Crippen LogP contribution in [0, 0.1) is 19.8 Å². The summed E-state index contributed by atoms with van der Waals surface area (Å²) in [6.45, 7) is 5.72. The smallest absolute Gasteiger partial charge is 0.306 e. The summed E-state index contributed by atoms with van der Waals surface area (Å²) in [7, 11) is 0. The van der Waals surface area contributed by atoms with Crippen LogP contribution >= 0.6 is 11.3 Å². The third-order valence-electron chi connectivity index (χ3n) is 4.72. The van der Waals surface area contributed by atoms with E-state index in [0.29, 0.717) is 11.5 Å². The molecule has 0 aliphatic heterocycles. The number of aryl methyl sites for hydroxylation is 2. The minimum absolute atomic E-state index is 0.000277. The Balaban J connectivity index is 1.69. The summed E-state index contributed by atoms with van der Waals surface area (Å²) in [5.74, 6) is -0.366. The Kier molecular flexibility index (Phi) is 7.17. The molecule has 5 nitrogen and oxygen atoms in total. The van der Waals surface area contributed by atoms with Crippen molar-refractivity contribution in [1.82, 2.24) is 5.32 Å². The van der Waals surface area contributed by atoms with Crippen LogP contribution in [0.2, 0.25) is 0 Å².